The van der Waals surface area contributed by atoms with Crippen LogP contribution in [0, 0.1) is 5.92 Å². The fourth-order valence-electron chi connectivity index (χ4n) is 4.03. The van der Waals surface area contributed by atoms with E-state index in [0.29, 0.717) is 18.7 Å². The predicted octanol–water partition coefficient (Wildman–Crippen LogP) is 2.24. The lowest BCUT2D eigenvalue weighted by Gasteiger charge is -2.36. The van der Waals surface area contributed by atoms with Crippen LogP contribution in [0.2, 0.25) is 0 Å². The average molecular weight is 372 g/mol. The van der Waals surface area contributed by atoms with Gasteiger partial charge >= 0.3 is 6.03 Å². The predicted molar refractivity (Wildman–Crippen MR) is 103 cm³/mol. The molecule has 2 atom stereocenters. The molecule has 0 aromatic heterocycles. The van der Waals surface area contributed by atoms with Crippen LogP contribution in [-0.4, -0.2) is 41.4 Å². The smallest absolute Gasteiger partial charge is 0.324 e. The number of hydrogen-bond donors (Lipinski definition) is 3. The van der Waals surface area contributed by atoms with E-state index in [4.69, 9.17) is 0 Å². The zero-order valence-corrected chi connectivity index (χ0v) is 16.0. The third-order valence-corrected chi connectivity index (χ3v) is 5.66. The standard InChI is InChI=1S/C20H28N4O3/c1-3-21-12-15-9-4-5-10-16(15)22-17(25)13-24-18(26)20(23-19(24)27)11-7-6-8-14(20)2/h4-5,9-10,14,21H,3,6-8,11-13H2,1-2H3,(H,22,25)(H,23,27). The molecule has 1 saturated heterocycles. The molecular formula is C20H28N4O3. The van der Waals surface area contributed by atoms with Crippen LogP contribution in [0.4, 0.5) is 10.5 Å². The van der Waals surface area contributed by atoms with E-state index < -0.39 is 11.6 Å². The Kier molecular flexibility index (Phi) is 5.79. The van der Waals surface area contributed by atoms with Crippen molar-refractivity contribution in [3.8, 4) is 0 Å². The van der Waals surface area contributed by atoms with Gasteiger partial charge in [0.05, 0.1) is 0 Å². The highest BCUT2D eigenvalue weighted by Gasteiger charge is 2.55. The number of anilines is 1. The number of amides is 4. The molecule has 1 aromatic carbocycles. The zero-order valence-electron chi connectivity index (χ0n) is 16.0. The normalized spacial score (nSPS) is 25.0. The topological polar surface area (TPSA) is 90.5 Å². The summed E-state index contributed by atoms with van der Waals surface area (Å²) in [5, 5.41) is 8.94. The van der Waals surface area contributed by atoms with Gasteiger partial charge in [0.25, 0.3) is 5.91 Å². The molecule has 0 radical (unpaired) electrons. The second kappa shape index (κ2) is 8.08. The van der Waals surface area contributed by atoms with Gasteiger partial charge in [-0.3, -0.25) is 14.5 Å². The first-order valence-corrected chi connectivity index (χ1v) is 9.70. The Bertz CT molecular complexity index is 736. The highest BCUT2D eigenvalue weighted by Crippen LogP contribution is 2.38. The Morgan fingerprint density at radius 2 is 2.07 bits per heavy atom. The van der Waals surface area contributed by atoms with Crippen LogP contribution in [0.15, 0.2) is 24.3 Å². The summed E-state index contributed by atoms with van der Waals surface area (Å²) in [5.74, 6) is -0.560. The van der Waals surface area contributed by atoms with Crippen LogP contribution in [0.1, 0.15) is 45.1 Å². The number of para-hydroxylation sites is 1. The molecule has 1 aromatic rings. The minimum absolute atomic E-state index is 0.0802. The number of hydrogen-bond acceptors (Lipinski definition) is 4. The molecule has 0 bridgehead atoms. The number of imide groups is 1. The summed E-state index contributed by atoms with van der Waals surface area (Å²) in [6.07, 6.45) is 3.52. The minimum Gasteiger partial charge on any atom is -0.324 e. The molecule has 7 nitrogen and oxygen atoms in total. The van der Waals surface area contributed by atoms with E-state index in [1.165, 1.54) is 0 Å². The molecule has 1 aliphatic carbocycles. The summed E-state index contributed by atoms with van der Waals surface area (Å²) in [6.45, 7) is 5.20. The summed E-state index contributed by atoms with van der Waals surface area (Å²) < 4.78 is 0. The van der Waals surface area contributed by atoms with Crippen molar-refractivity contribution in [2.75, 3.05) is 18.4 Å². The Morgan fingerprint density at radius 1 is 1.30 bits per heavy atom. The van der Waals surface area contributed by atoms with Crippen molar-refractivity contribution in [2.45, 2.75) is 51.6 Å². The highest BCUT2D eigenvalue weighted by atomic mass is 16.2. The van der Waals surface area contributed by atoms with Gasteiger partial charge in [0.2, 0.25) is 5.91 Å². The molecular weight excluding hydrogens is 344 g/mol. The summed E-state index contributed by atoms with van der Waals surface area (Å²) in [4.78, 5) is 38.9. The second-order valence-corrected chi connectivity index (χ2v) is 7.43. The van der Waals surface area contributed by atoms with Crippen molar-refractivity contribution in [3.63, 3.8) is 0 Å². The first-order chi connectivity index (χ1) is 13.0. The van der Waals surface area contributed by atoms with Crippen LogP contribution in [-0.2, 0) is 16.1 Å². The van der Waals surface area contributed by atoms with Crippen LogP contribution in [0.25, 0.3) is 0 Å². The minimum atomic E-state index is -0.835. The molecule has 3 N–H and O–H groups in total. The van der Waals surface area contributed by atoms with E-state index in [2.05, 4.69) is 16.0 Å². The zero-order chi connectivity index (χ0) is 19.4. The van der Waals surface area contributed by atoms with Crippen molar-refractivity contribution >= 4 is 23.5 Å². The SMILES string of the molecule is CCNCc1ccccc1NC(=O)CN1C(=O)NC2(CCCCC2C)C1=O. The Labute approximate surface area is 159 Å². The highest BCUT2D eigenvalue weighted by molar-refractivity contribution is 6.10. The summed E-state index contributed by atoms with van der Waals surface area (Å²) in [6, 6.07) is 7.04. The Morgan fingerprint density at radius 3 is 2.81 bits per heavy atom. The molecule has 27 heavy (non-hydrogen) atoms. The maximum atomic E-state index is 13.0. The van der Waals surface area contributed by atoms with Gasteiger partial charge in [0.15, 0.2) is 0 Å². The maximum absolute atomic E-state index is 13.0. The van der Waals surface area contributed by atoms with E-state index in [1.54, 1.807) is 0 Å². The lowest BCUT2D eigenvalue weighted by atomic mass is 9.73. The molecule has 1 aliphatic heterocycles. The third-order valence-electron chi connectivity index (χ3n) is 5.66. The Balaban J connectivity index is 1.68. The van der Waals surface area contributed by atoms with Crippen LogP contribution in [0.5, 0.6) is 0 Å². The fraction of sp³-hybridized carbons (Fsp3) is 0.550. The van der Waals surface area contributed by atoms with Crippen molar-refractivity contribution in [1.29, 1.82) is 0 Å². The first kappa shape index (κ1) is 19.4. The van der Waals surface area contributed by atoms with Crippen molar-refractivity contribution in [2.24, 2.45) is 5.92 Å². The monoisotopic (exact) mass is 372 g/mol. The summed E-state index contributed by atoms with van der Waals surface area (Å²) in [7, 11) is 0. The largest absolute Gasteiger partial charge is 0.325 e. The number of nitrogens with one attached hydrogen (secondary N) is 3. The van der Waals surface area contributed by atoms with Gasteiger partial charge in [-0.2, -0.15) is 0 Å². The van der Waals surface area contributed by atoms with E-state index in [0.717, 1.165) is 36.3 Å². The van der Waals surface area contributed by atoms with E-state index in [9.17, 15) is 14.4 Å². The molecule has 1 heterocycles. The summed E-state index contributed by atoms with van der Waals surface area (Å²) in [5.41, 5.74) is 0.817. The molecule has 2 aliphatic rings. The maximum Gasteiger partial charge on any atom is 0.325 e. The van der Waals surface area contributed by atoms with Gasteiger partial charge < -0.3 is 16.0 Å². The van der Waals surface area contributed by atoms with Gasteiger partial charge in [0, 0.05) is 12.2 Å². The van der Waals surface area contributed by atoms with Crippen LogP contribution < -0.4 is 16.0 Å². The van der Waals surface area contributed by atoms with Crippen LogP contribution >= 0.6 is 0 Å². The fourth-order valence-corrected chi connectivity index (χ4v) is 4.03. The molecule has 3 rings (SSSR count). The molecule has 1 spiro atoms. The second-order valence-electron chi connectivity index (χ2n) is 7.43. The van der Waals surface area contributed by atoms with Gasteiger partial charge in [-0.05, 0) is 36.9 Å². The molecule has 4 amide bonds. The number of rotatable bonds is 6. The molecule has 2 unspecified atom stereocenters. The van der Waals surface area contributed by atoms with Crippen molar-refractivity contribution in [1.82, 2.24) is 15.5 Å². The third kappa shape index (κ3) is 3.83. The van der Waals surface area contributed by atoms with Crippen LogP contribution in [0.3, 0.4) is 0 Å². The molecule has 1 saturated carbocycles. The van der Waals surface area contributed by atoms with Crippen molar-refractivity contribution < 1.29 is 14.4 Å². The molecule has 146 valence electrons. The average Bonchev–Trinajstić information content (AvgIpc) is 2.88. The van der Waals surface area contributed by atoms with Gasteiger partial charge in [-0.25, -0.2) is 4.79 Å². The van der Waals surface area contributed by atoms with E-state index in [-0.39, 0.29) is 24.3 Å². The van der Waals surface area contributed by atoms with E-state index >= 15 is 0 Å². The number of benzene rings is 1. The van der Waals surface area contributed by atoms with Crippen molar-refractivity contribution in [3.05, 3.63) is 29.8 Å². The van der Waals surface area contributed by atoms with Gasteiger partial charge in [0.1, 0.15) is 12.1 Å². The van der Waals surface area contributed by atoms with Gasteiger partial charge in [-0.1, -0.05) is 44.9 Å². The summed E-state index contributed by atoms with van der Waals surface area (Å²) >= 11 is 0. The number of urea groups is 1. The first-order valence-electron chi connectivity index (χ1n) is 9.70. The number of nitrogens with zero attached hydrogens (tertiary/aromatic N) is 1. The lowest BCUT2D eigenvalue weighted by Crippen LogP contribution is -2.54. The number of carbonyl (C=O) groups is 3. The van der Waals surface area contributed by atoms with Gasteiger partial charge in [-0.15, -0.1) is 0 Å². The van der Waals surface area contributed by atoms with E-state index in [1.807, 2.05) is 38.1 Å². The quantitative estimate of drug-likeness (QED) is 0.668. The lowest BCUT2D eigenvalue weighted by molar-refractivity contribution is -0.136. The molecule has 2 fully saturated rings. The molecule has 7 heteroatoms. The Hall–Kier alpha value is -2.41. The number of carbonyl (C=O) groups excluding carboxylic acids is 3.